The maximum absolute atomic E-state index is 10.8. The Morgan fingerprint density at radius 1 is 1.45 bits per heavy atom. The number of fused-ring (bicyclic) bond motifs is 1. The number of aromatic carboxylic acids is 1. The second-order valence-electron chi connectivity index (χ2n) is 3.88. The third-order valence-electron chi connectivity index (χ3n) is 2.66. The van der Waals surface area contributed by atoms with Gasteiger partial charge >= 0.3 is 12.0 Å². The molecule has 20 heavy (non-hydrogen) atoms. The summed E-state index contributed by atoms with van der Waals surface area (Å²) in [5, 5.41) is 24.2. The minimum atomic E-state index is -1.23. The molecule has 0 bridgehead atoms. The van der Waals surface area contributed by atoms with Gasteiger partial charge in [0.05, 0.1) is 16.6 Å². The van der Waals surface area contributed by atoms with Crippen LogP contribution in [0, 0.1) is 10.1 Å². The molecule has 0 saturated carbocycles. The standard InChI is InChI=1S/C11H6N4O5/c16-10(17)8-5-20-11(13-8)14-9-3-7(15(18)19)2-1-6(9)4-12-14/h1-5H,(H,16,17). The van der Waals surface area contributed by atoms with Crippen LogP contribution in [0.5, 0.6) is 0 Å². The van der Waals surface area contributed by atoms with E-state index in [4.69, 9.17) is 9.52 Å². The smallest absolute Gasteiger partial charge is 0.357 e. The van der Waals surface area contributed by atoms with Gasteiger partial charge in [0, 0.05) is 17.5 Å². The van der Waals surface area contributed by atoms with Gasteiger partial charge in [0.1, 0.15) is 6.26 Å². The van der Waals surface area contributed by atoms with Crippen LogP contribution in [0.4, 0.5) is 5.69 Å². The Hall–Kier alpha value is -3.23. The highest BCUT2D eigenvalue weighted by Crippen LogP contribution is 2.23. The number of carboxylic acid groups (broad SMARTS) is 1. The van der Waals surface area contributed by atoms with E-state index in [0.717, 1.165) is 6.26 Å². The van der Waals surface area contributed by atoms with Crippen molar-refractivity contribution < 1.29 is 19.2 Å². The number of nitro benzene ring substituents is 1. The second kappa shape index (κ2) is 4.16. The molecule has 0 unspecified atom stereocenters. The molecule has 1 aromatic carbocycles. The number of rotatable bonds is 3. The van der Waals surface area contributed by atoms with E-state index in [1.54, 1.807) is 0 Å². The van der Waals surface area contributed by atoms with Gasteiger partial charge in [-0.3, -0.25) is 10.1 Å². The van der Waals surface area contributed by atoms with Gasteiger partial charge in [0.2, 0.25) is 0 Å². The van der Waals surface area contributed by atoms with Gasteiger partial charge in [0.25, 0.3) is 5.69 Å². The molecular weight excluding hydrogens is 268 g/mol. The number of aromatic nitrogens is 3. The monoisotopic (exact) mass is 274 g/mol. The summed E-state index contributed by atoms with van der Waals surface area (Å²) in [6, 6.07) is 4.13. The fourth-order valence-electron chi connectivity index (χ4n) is 1.73. The van der Waals surface area contributed by atoms with Crippen LogP contribution in [-0.2, 0) is 0 Å². The van der Waals surface area contributed by atoms with Crippen molar-refractivity contribution in [2.75, 3.05) is 0 Å². The zero-order chi connectivity index (χ0) is 14.3. The number of non-ortho nitro benzene ring substituents is 1. The predicted molar refractivity (Wildman–Crippen MR) is 64.7 cm³/mol. The number of carboxylic acids is 1. The summed E-state index contributed by atoms with van der Waals surface area (Å²) in [5.74, 6) is -1.23. The zero-order valence-corrected chi connectivity index (χ0v) is 9.76. The fraction of sp³-hybridized carbons (Fsp3) is 0. The Bertz CT molecular complexity index is 834. The summed E-state index contributed by atoms with van der Waals surface area (Å²) < 4.78 is 6.22. The van der Waals surface area contributed by atoms with E-state index in [2.05, 4.69) is 10.1 Å². The van der Waals surface area contributed by atoms with E-state index in [-0.39, 0.29) is 17.4 Å². The van der Waals surface area contributed by atoms with Crippen molar-refractivity contribution in [1.29, 1.82) is 0 Å². The first kappa shape index (κ1) is 11.8. The SMILES string of the molecule is O=C(O)c1coc(-n2ncc3ccc([N+](=O)[O-])cc32)n1. The number of oxazole rings is 1. The van der Waals surface area contributed by atoms with Gasteiger partial charge in [-0.2, -0.15) is 14.8 Å². The van der Waals surface area contributed by atoms with Gasteiger partial charge < -0.3 is 9.52 Å². The fourth-order valence-corrected chi connectivity index (χ4v) is 1.73. The highest BCUT2D eigenvalue weighted by molar-refractivity contribution is 5.85. The molecule has 9 heteroatoms. The van der Waals surface area contributed by atoms with Crippen molar-refractivity contribution in [3.05, 3.63) is 46.5 Å². The number of benzene rings is 1. The van der Waals surface area contributed by atoms with E-state index in [0.29, 0.717) is 10.9 Å². The molecule has 3 rings (SSSR count). The quantitative estimate of drug-likeness (QED) is 0.568. The predicted octanol–water partition coefficient (Wildman–Crippen LogP) is 1.62. The molecule has 0 atom stereocenters. The molecule has 0 saturated heterocycles. The van der Waals surface area contributed by atoms with E-state index in [9.17, 15) is 14.9 Å². The van der Waals surface area contributed by atoms with Crippen LogP contribution in [0.15, 0.2) is 35.1 Å². The zero-order valence-electron chi connectivity index (χ0n) is 9.76. The first-order valence-electron chi connectivity index (χ1n) is 5.37. The van der Waals surface area contributed by atoms with Crippen LogP contribution in [0.25, 0.3) is 16.9 Å². The number of hydrogen-bond donors (Lipinski definition) is 1. The van der Waals surface area contributed by atoms with Crippen molar-refractivity contribution >= 4 is 22.6 Å². The molecule has 100 valence electrons. The lowest BCUT2D eigenvalue weighted by molar-refractivity contribution is -0.384. The molecule has 0 radical (unpaired) electrons. The van der Waals surface area contributed by atoms with Gasteiger partial charge in [-0.15, -0.1) is 0 Å². The second-order valence-corrected chi connectivity index (χ2v) is 3.88. The Morgan fingerprint density at radius 2 is 2.25 bits per heavy atom. The molecule has 0 spiro atoms. The Morgan fingerprint density at radius 3 is 2.90 bits per heavy atom. The molecule has 2 aromatic heterocycles. The largest absolute Gasteiger partial charge is 0.476 e. The number of carbonyl (C=O) groups is 1. The number of nitrogens with zero attached hydrogens (tertiary/aromatic N) is 4. The Labute approximate surface area is 110 Å². The van der Waals surface area contributed by atoms with E-state index < -0.39 is 10.9 Å². The summed E-state index contributed by atoms with van der Waals surface area (Å²) in [4.78, 5) is 24.7. The van der Waals surface area contributed by atoms with Crippen molar-refractivity contribution in [1.82, 2.24) is 14.8 Å². The van der Waals surface area contributed by atoms with Crippen molar-refractivity contribution in [3.63, 3.8) is 0 Å². The average molecular weight is 274 g/mol. The lowest BCUT2D eigenvalue weighted by Gasteiger charge is -1.97. The minimum Gasteiger partial charge on any atom is -0.476 e. The van der Waals surface area contributed by atoms with Crippen molar-refractivity contribution in [2.45, 2.75) is 0 Å². The molecule has 0 fully saturated rings. The number of nitro groups is 1. The minimum absolute atomic E-state index is 0.0714. The third-order valence-corrected chi connectivity index (χ3v) is 2.66. The molecule has 0 amide bonds. The highest BCUT2D eigenvalue weighted by atomic mass is 16.6. The Balaban J connectivity index is 2.17. The van der Waals surface area contributed by atoms with Crippen LogP contribution in [0.2, 0.25) is 0 Å². The van der Waals surface area contributed by atoms with Crippen molar-refractivity contribution in [2.24, 2.45) is 0 Å². The van der Waals surface area contributed by atoms with E-state index in [1.807, 2.05) is 0 Å². The molecule has 9 nitrogen and oxygen atoms in total. The highest BCUT2D eigenvalue weighted by Gasteiger charge is 2.16. The third kappa shape index (κ3) is 1.77. The average Bonchev–Trinajstić information content (AvgIpc) is 3.03. The Kier molecular flexibility index (Phi) is 2.46. The molecule has 2 heterocycles. The van der Waals surface area contributed by atoms with Crippen LogP contribution in [-0.4, -0.2) is 30.8 Å². The summed E-state index contributed by atoms with van der Waals surface area (Å²) in [6.07, 6.45) is 2.45. The first-order valence-corrected chi connectivity index (χ1v) is 5.37. The van der Waals surface area contributed by atoms with Crippen LogP contribution >= 0.6 is 0 Å². The lowest BCUT2D eigenvalue weighted by Crippen LogP contribution is -2.00. The maximum Gasteiger partial charge on any atom is 0.357 e. The summed E-state index contributed by atoms with van der Waals surface area (Å²) >= 11 is 0. The van der Waals surface area contributed by atoms with Gasteiger partial charge in [-0.05, 0) is 6.07 Å². The summed E-state index contributed by atoms with van der Waals surface area (Å²) in [7, 11) is 0. The molecular formula is C11H6N4O5. The molecule has 3 aromatic rings. The lowest BCUT2D eigenvalue weighted by atomic mass is 10.2. The number of hydrogen-bond acceptors (Lipinski definition) is 6. The summed E-state index contributed by atoms with van der Waals surface area (Å²) in [5.41, 5.74) is 0.0244. The first-order chi connectivity index (χ1) is 9.56. The summed E-state index contributed by atoms with van der Waals surface area (Å²) in [6.45, 7) is 0. The van der Waals surface area contributed by atoms with Gasteiger partial charge in [0.15, 0.2) is 5.69 Å². The van der Waals surface area contributed by atoms with Crippen LogP contribution in [0.3, 0.4) is 0 Å². The van der Waals surface area contributed by atoms with Crippen molar-refractivity contribution in [3.8, 4) is 6.01 Å². The topological polar surface area (TPSA) is 124 Å². The van der Waals surface area contributed by atoms with Crippen LogP contribution < -0.4 is 0 Å². The molecule has 0 aliphatic carbocycles. The molecule has 1 N–H and O–H groups in total. The van der Waals surface area contributed by atoms with Gasteiger partial charge in [-0.1, -0.05) is 0 Å². The van der Waals surface area contributed by atoms with E-state index >= 15 is 0 Å². The van der Waals surface area contributed by atoms with E-state index in [1.165, 1.54) is 29.1 Å². The molecule has 0 aliphatic rings. The maximum atomic E-state index is 10.8. The molecule has 0 aliphatic heterocycles. The van der Waals surface area contributed by atoms with Crippen LogP contribution in [0.1, 0.15) is 10.5 Å². The van der Waals surface area contributed by atoms with Gasteiger partial charge in [-0.25, -0.2) is 4.79 Å². The normalized spacial score (nSPS) is 10.8.